The number of nitrogens with zero attached hydrogens (tertiary/aromatic N) is 2. The van der Waals surface area contributed by atoms with Crippen LogP contribution >= 0.6 is 11.8 Å². The van der Waals surface area contributed by atoms with E-state index in [0.29, 0.717) is 11.3 Å². The third-order valence-electron chi connectivity index (χ3n) is 2.68. The second-order valence-corrected chi connectivity index (χ2v) is 5.12. The molecule has 0 aliphatic heterocycles. The van der Waals surface area contributed by atoms with Gasteiger partial charge in [-0.1, -0.05) is 0 Å². The van der Waals surface area contributed by atoms with Crippen molar-refractivity contribution >= 4 is 23.4 Å². The molecule has 0 saturated heterocycles. The van der Waals surface area contributed by atoms with E-state index < -0.39 is 10.9 Å². The lowest BCUT2D eigenvalue weighted by Gasteiger charge is -2.03. The molecule has 0 atom stereocenters. The Kier molecular flexibility index (Phi) is 4.89. The number of esters is 1. The van der Waals surface area contributed by atoms with E-state index in [1.54, 1.807) is 24.3 Å². The summed E-state index contributed by atoms with van der Waals surface area (Å²) in [6, 6.07) is 9.75. The number of hydrogen-bond donors (Lipinski definition) is 0. The molecule has 0 radical (unpaired) electrons. The zero-order chi connectivity index (χ0) is 15.2. The number of carbonyl (C=O) groups excluding carboxylic acids is 1. The topological polar surface area (TPSA) is 82.3 Å². The molecule has 2 rings (SSSR count). The highest BCUT2D eigenvalue weighted by Crippen LogP contribution is 2.24. The Hall–Kier alpha value is -2.41. The quantitative estimate of drug-likeness (QED) is 0.365. The fraction of sp³-hybridized carbons (Fsp3) is 0.143. The third kappa shape index (κ3) is 4.03. The maximum Gasteiger partial charge on any atom is 0.339 e. The normalized spacial score (nSPS) is 10.1. The average Bonchev–Trinajstić information content (AvgIpc) is 2.53. The number of hydrogen-bond acceptors (Lipinski definition) is 6. The Morgan fingerprint density at radius 3 is 2.52 bits per heavy atom. The van der Waals surface area contributed by atoms with Gasteiger partial charge in [0, 0.05) is 29.0 Å². The summed E-state index contributed by atoms with van der Waals surface area (Å²) in [7, 11) is 1.32. The number of rotatable bonds is 5. The van der Waals surface area contributed by atoms with Crippen molar-refractivity contribution in [2.45, 2.75) is 10.6 Å². The van der Waals surface area contributed by atoms with Crippen molar-refractivity contribution in [3.63, 3.8) is 0 Å². The lowest BCUT2D eigenvalue weighted by Crippen LogP contribution is -2.02. The minimum absolute atomic E-state index is 0.0694. The van der Waals surface area contributed by atoms with E-state index >= 15 is 0 Å². The van der Waals surface area contributed by atoms with Crippen LogP contribution in [-0.2, 0) is 10.5 Å². The van der Waals surface area contributed by atoms with Crippen molar-refractivity contribution in [3.05, 3.63) is 64.0 Å². The monoisotopic (exact) mass is 304 g/mol. The van der Waals surface area contributed by atoms with Crippen LogP contribution in [0.1, 0.15) is 16.1 Å². The van der Waals surface area contributed by atoms with Crippen molar-refractivity contribution in [1.29, 1.82) is 0 Å². The first-order chi connectivity index (χ1) is 10.1. The second-order valence-electron chi connectivity index (χ2n) is 4.07. The molecule has 0 saturated carbocycles. The van der Waals surface area contributed by atoms with Gasteiger partial charge in [0.1, 0.15) is 0 Å². The molecule has 1 heterocycles. The van der Waals surface area contributed by atoms with Crippen LogP contribution in [0.2, 0.25) is 0 Å². The van der Waals surface area contributed by atoms with E-state index in [1.165, 1.54) is 37.2 Å². The minimum Gasteiger partial charge on any atom is -0.465 e. The summed E-state index contributed by atoms with van der Waals surface area (Å²) in [6.45, 7) is 0. The molecule has 0 aliphatic carbocycles. The molecule has 0 aliphatic rings. The van der Waals surface area contributed by atoms with Crippen LogP contribution in [0.5, 0.6) is 0 Å². The summed E-state index contributed by atoms with van der Waals surface area (Å²) in [5, 5.41) is 10.6. The molecule has 6 nitrogen and oxygen atoms in total. The maximum absolute atomic E-state index is 11.3. The zero-order valence-corrected chi connectivity index (χ0v) is 12.0. The van der Waals surface area contributed by atoms with Crippen molar-refractivity contribution in [3.8, 4) is 0 Å². The molecular formula is C14H12N2O4S. The zero-order valence-electron chi connectivity index (χ0n) is 11.2. The van der Waals surface area contributed by atoms with Crippen LogP contribution in [-0.4, -0.2) is 23.0 Å². The lowest BCUT2D eigenvalue weighted by atomic mass is 10.2. The van der Waals surface area contributed by atoms with Gasteiger partial charge in [-0.2, -0.15) is 0 Å². The molecule has 108 valence electrons. The predicted octanol–water partition coefficient (Wildman–Crippen LogP) is 3.07. The average molecular weight is 304 g/mol. The van der Waals surface area contributed by atoms with E-state index in [0.717, 1.165) is 10.6 Å². The second kappa shape index (κ2) is 6.85. The maximum atomic E-state index is 11.3. The summed E-state index contributed by atoms with van der Waals surface area (Å²) in [6.07, 6.45) is 1.47. The lowest BCUT2D eigenvalue weighted by molar-refractivity contribution is -0.384. The fourth-order valence-electron chi connectivity index (χ4n) is 1.57. The number of pyridine rings is 1. The van der Waals surface area contributed by atoms with Crippen LogP contribution in [0, 0.1) is 10.1 Å². The van der Waals surface area contributed by atoms with Gasteiger partial charge in [-0.05, 0) is 24.3 Å². The number of benzene rings is 1. The number of ether oxygens (including phenoxy) is 1. The highest BCUT2D eigenvalue weighted by Gasteiger charge is 2.07. The van der Waals surface area contributed by atoms with Crippen molar-refractivity contribution in [1.82, 2.24) is 4.98 Å². The molecule has 1 aromatic carbocycles. The number of carbonyl (C=O) groups is 1. The molecule has 21 heavy (non-hydrogen) atoms. The molecule has 7 heteroatoms. The summed E-state index contributed by atoms with van der Waals surface area (Å²) in [5.41, 5.74) is 1.28. The SMILES string of the molecule is COC(=O)c1ccc(CSc2ccc([N+](=O)[O-])cc2)nc1. The highest BCUT2D eigenvalue weighted by atomic mass is 32.2. The third-order valence-corrected chi connectivity index (χ3v) is 3.73. The Morgan fingerprint density at radius 1 is 1.29 bits per heavy atom. The standard InChI is InChI=1S/C14H12N2O4S/c1-20-14(17)10-2-3-11(15-8-10)9-21-13-6-4-12(5-7-13)16(18)19/h2-8H,9H2,1H3. The van der Waals surface area contributed by atoms with Crippen LogP contribution in [0.15, 0.2) is 47.5 Å². The largest absolute Gasteiger partial charge is 0.465 e. The van der Waals surface area contributed by atoms with E-state index in [4.69, 9.17) is 0 Å². The number of non-ortho nitro benzene ring substituents is 1. The van der Waals surface area contributed by atoms with Gasteiger partial charge in [0.05, 0.1) is 23.3 Å². The summed E-state index contributed by atoms with van der Waals surface area (Å²) in [4.78, 5) is 26.5. The highest BCUT2D eigenvalue weighted by molar-refractivity contribution is 7.98. The van der Waals surface area contributed by atoms with E-state index in [1.807, 2.05) is 0 Å². The van der Waals surface area contributed by atoms with Gasteiger partial charge in [-0.25, -0.2) is 4.79 Å². The van der Waals surface area contributed by atoms with Gasteiger partial charge in [-0.15, -0.1) is 11.8 Å². The molecule has 0 fully saturated rings. The molecule has 1 aromatic heterocycles. The summed E-state index contributed by atoms with van der Waals surface area (Å²) >= 11 is 1.51. The minimum atomic E-state index is -0.429. The Balaban J connectivity index is 1.96. The summed E-state index contributed by atoms with van der Waals surface area (Å²) < 4.78 is 4.60. The van der Waals surface area contributed by atoms with Crippen molar-refractivity contribution in [2.75, 3.05) is 7.11 Å². The first-order valence-corrected chi connectivity index (χ1v) is 6.99. The molecular weight excluding hydrogens is 292 g/mol. The van der Waals surface area contributed by atoms with Crippen LogP contribution in [0.3, 0.4) is 0 Å². The molecule has 0 spiro atoms. The van der Waals surface area contributed by atoms with Gasteiger partial charge in [0.25, 0.3) is 5.69 Å². The van der Waals surface area contributed by atoms with E-state index in [-0.39, 0.29) is 5.69 Å². The summed E-state index contributed by atoms with van der Waals surface area (Å²) in [5.74, 6) is 0.191. The Labute approximate surface area is 125 Å². The first-order valence-electron chi connectivity index (χ1n) is 6.00. The molecule has 0 amide bonds. The number of methoxy groups -OCH3 is 1. The van der Waals surface area contributed by atoms with E-state index in [9.17, 15) is 14.9 Å². The molecule has 2 aromatic rings. The van der Waals surface area contributed by atoms with E-state index in [2.05, 4.69) is 9.72 Å². The number of nitro groups is 1. The van der Waals surface area contributed by atoms with Crippen LogP contribution < -0.4 is 0 Å². The predicted molar refractivity (Wildman–Crippen MR) is 78.2 cm³/mol. The van der Waals surface area contributed by atoms with Gasteiger partial charge in [-0.3, -0.25) is 15.1 Å². The number of nitro benzene ring substituents is 1. The van der Waals surface area contributed by atoms with Gasteiger partial charge < -0.3 is 4.74 Å². The Morgan fingerprint density at radius 2 is 2.00 bits per heavy atom. The van der Waals surface area contributed by atoms with Gasteiger partial charge in [0.2, 0.25) is 0 Å². The first kappa shape index (κ1) is 15.0. The Bertz CT molecular complexity index is 641. The smallest absolute Gasteiger partial charge is 0.339 e. The van der Waals surface area contributed by atoms with Crippen LogP contribution in [0.4, 0.5) is 5.69 Å². The number of aromatic nitrogens is 1. The van der Waals surface area contributed by atoms with Gasteiger partial charge in [0.15, 0.2) is 0 Å². The molecule has 0 N–H and O–H groups in total. The van der Waals surface area contributed by atoms with Crippen molar-refractivity contribution < 1.29 is 14.5 Å². The molecule has 0 unspecified atom stereocenters. The molecule has 0 bridgehead atoms. The van der Waals surface area contributed by atoms with Gasteiger partial charge >= 0.3 is 5.97 Å². The fourth-order valence-corrected chi connectivity index (χ4v) is 2.38. The van der Waals surface area contributed by atoms with Crippen LogP contribution in [0.25, 0.3) is 0 Å². The number of thioether (sulfide) groups is 1. The van der Waals surface area contributed by atoms with Crippen molar-refractivity contribution in [2.24, 2.45) is 0 Å².